The lowest BCUT2D eigenvalue weighted by molar-refractivity contribution is -0.687. The van der Waals surface area contributed by atoms with Gasteiger partial charge < -0.3 is 4.74 Å². The van der Waals surface area contributed by atoms with E-state index < -0.39 is 0 Å². The summed E-state index contributed by atoms with van der Waals surface area (Å²) in [6, 6.07) is 3.91. The number of aromatic nitrogens is 1. The van der Waals surface area contributed by atoms with Crippen molar-refractivity contribution in [3.8, 4) is 0 Å². The monoisotopic (exact) mass is 669 g/mol. The molecule has 0 bridgehead atoms. The predicted molar refractivity (Wildman–Crippen MR) is 203 cm³/mol. The highest BCUT2D eigenvalue weighted by Crippen LogP contribution is 2.77. The first kappa shape index (κ1) is 36.6. The molecule has 5 aliphatic carbocycles. The van der Waals surface area contributed by atoms with E-state index in [0.29, 0.717) is 33.6 Å². The highest BCUT2D eigenvalue weighted by atomic mass is 16.5. The largest absolute Gasteiger partial charge is 0.458 e. The summed E-state index contributed by atoms with van der Waals surface area (Å²) in [6.07, 6.45) is 23.7. The second kappa shape index (κ2) is 13.1. The number of hydrogen-bond acceptors (Lipinski definition) is 2. The standard InChI is InChI=1S/C46H70NO2/c1-31(2)14-12-15-33(5)22-29-47-28-13-16-34(30-47)41(48)49-39-21-24-44(9)37(42(39,6)7)20-25-46(11)38(44)18-17-36-40-35(32(3)4)19-23-43(40,8)26-27-45(36,46)10/h13-14,16,22,28,30,35-40H,3,12,15,17-21,23-27,29H2,1-2,4-11H3/q+1/b33-22+/t35-,36-,37-,38+,39-,40-,43+,44-,45+,46+/m0/s1. The number of rotatable bonds is 8. The molecule has 270 valence electrons. The second-order valence-electron chi connectivity index (χ2n) is 19.8. The fraction of sp³-hybridized carbons (Fsp3) is 0.739. The maximum atomic E-state index is 13.7. The van der Waals surface area contributed by atoms with E-state index in [9.17, 15) is 4.79 Å². The number of esters is 1. The van der Waals surface area contributed by atoms with Crippen LogP contribution in [0.1, 0.15) is 157 Å². The Hall–Kier alpha value is -2.16. The number of nitrogens with zero attached hydrogens (tertiary/aromatic N) is 1. The van der Waals surface area contributed by atoms with Gasteiger partial charge >= 0.3 is 5.97 Å². The minimum atomic E-state index is -0.164. The average Bonchev–Trinajstić information content (AvgIpc) is 3.39. The molecule has 0 aliphatic heterocycles. The molecule has 1 aromatic rings. The van der Waals surface area contributed by atoms with Gasteiger partial charge in [-0.25, -0.2) is 9.36 Å². The van der Waals surface area contributed by atoms with Crippen LogP contribution in [0.4, 0.5) is 0 Å². The summed E-state index contributed by atoms with van der Waals surface area (Å²) < 4.78 is 8.63. The Morgan fingerprint density at radius 2 is 1.63 bits per heavy atom. The minimum absolute atomic E-state index is 0.0505. The molecular weight excluding hydrogens is 599 g/mol. The summed E-state index contributed by atoms with van der Waals surface area (Å²) in [5.41, 5.74) is 6.33. The Balaban J connectivity index is 1.16. The quantitative estimate of drug-likeness (QED) is 0.157. The molecule has 0 amide bonds. The fourth-order valence-corrected chi connectivity index (χ4v) is 13.6. The van der Waals surface area contributed by atoms with E-state index in [4.69, 9.17) is 4.74 Å². The van der Waals surface area contributed by atoms with E-state index in [0.717, 1.165) is 43.6 Å². The van der Waals surface area contributed by atoms with E-state index in [2.05, 4.69) is 98.7 Å². The normalized spacial score (nSPS) is 41.1. The highest BCUT2D eigenvalue weighted by molar-refractivity contribution is 5.88. The maximum absolute atomic E-state index is 13.7. The number of hydrogen-bond donors (Lipinski definition) is 0. The van der Waals surface area contributed by atoms with Crippen molar-refractivity contribution < 1.29 is 14.1 Å². The molecule has 5 fully saturated rings. The molecule has 0 saturated heterocycles. The van der Waals surface area contributed by atoms with Gasteiger partial charge in [0.1, 0.15) is 11.7 Å². The zero-order valence-corrected chi connectivity index (χ0v) is 33.1. The Labute approximate surface area is 300 Å². The van der Waals surface area contributed by atoms with Crippen molar-refractivity contribution in [1.82, 2.24) is 0 Å². The lowest BCUT2D eigenvalue weighted by Crippen LogP contribution is -2.66. The van der Waals surface area contributed by atoms with E-state index in [1.807, 2.05) is 18.3 Å². The molecule has 5 aliphatic rings. The van der Waals surface area contributed by atoms with Gasteiger partial charge in [0.2, 0.25) is 0 Å². The van der Waals surface area contributed by atoms with E-state index in [-0.39, 0.29) is 22.9 Å². The summed E-state index contributed by atoms with van der Waals surface area (Å²) in [5.74, 6) is 3.47. The molecule has 0 unspecified atom stereocenters. The van der Waals surface area contributed by atoms with E-state index in [1.165, 1.54) is 74.5 Å². The Morgan fingerprint density at radius 1 is 0.878 bits per heavy atom. The van der Waals surface area contributed by atoms with Crippen molar-refractivity contribution in [2.24, 2.45) is 56.7 Å². The van der Waals surface area contributed by atoms with Crippen molar-refractivity contribution in [1.29, 1.82) is 0 Å². The first-order valence-corrected chi connectivity index (χ1v) is 20.1. The van der Waals surface area contributed by atoms with Crippen LogP contribution >= 0.6 is 0 Å². The molecule has 3 heteroatoms. The van der Waals surface area contributed by atoms with Crippen molar-refractivity contribution in [2.75, 3.05) is 0 Å². The van der Waals surface area contributed by atoms with Crippen LogP contribution in [0.25, 0.3) is 0 Å². The van der Waals surface area contributed by atoms with Gasteiger partial charge in [0.25, 0.3) is 0 Å². The summed E-state index contributed by atoms with van der Waals surface area (Å²) in [4.78, 5) is 13.7. The smallest absolute Gasteiger partial charge is 0.344 e. The molecule has 0 aromatic carbocycles. The second-order valence-corrected chi connectivity index (χ2v) is 19.8. The minimum Gasteiger partial charge on any atom is -0.458 e. The van der Waals surface area contributed by atoms with Gasteiger partial charge in [0, 0.05) is 11.5 Å². The lowest BCUT2D eigenvalue weighted by Gasteiger charge is -2.73. The summed E-state index contributed by atoms with van der Waals surface area (Å²) >= 11 is 0. The van der Waals surface area contributed by atoms with Crippen LogP contribution in [0.2, 0.25) is 0 Å². The molecule has 1 aromatic heterocycles. The number of carbonyl (C=O) groups is 1. The Bertz CT molecular complexity index is 1500. The molecule has 6 rings (SSSR count). The predicted octanol–water partition coefficient (Wildman–Crippen LogP) is 11.9. The number of ether oxygens (including phenoxy) is 1. The van der Waals surface area contributed by atoms with Crippen LogP contribution in [0.15, 0.2) is 60.0 Å². The third kappa shape index (κ3) is 6.13. The fourth-order valence-electron chi connectivity index (χ4n) is 13.6. The van der Waals surface area contributed by atoms with Crippen molar-refractivity contribution in [3.05, 3.63) is 65.5 Å². The zero-order valence-electron chi connectivity index (χ0n) is 33.1. The topological polar surface area (TPSA) is 30.2 Å². The molecule has 10 atom stereocenters. The molecule has 3 nitrogen and oxygen atoms in total. The van der Waals surface area contributed by atoms with E-state index in [1.54, 1.807) is 0 Å². The van der Waals surface area contributed by atoms with Crippen molar-refractivity contribution in [2.45, 2.75) is 159 Å². The zero-order chi connectivity index (χ0) is 35.6. The third-order valence-corrected chi connectivity index (χ3v) is 16.5. The molecule has 1 heterocycles. The SMILES string of the molecule is C=C(C)[C@@H]1CC[C@]2(C)CC[C@]3(C)[C@@H](CC[C@@H]4[C@@]5(C)CC[C@H](OC(=O)c6ccc[n+](C/C=C(\C)CCC=C(C)C)c6)C(C)(C)[C@@H]5CC[C@]43C)[C@H]12. The Morgan fingerprint density at radius 3 is 2.35 bits per heavy atom. The van der Waals surface area contributed by atoms with Gasteiger partial charge in [0.05, 0.1) is 0 Å². The van der Waals surface area contributed by atoms with Crippen LogP contribution < -0.4 is 4.57 Å². The maximum Gasteiger partial charge on any atom is 0.344 e. The van der Waals surface area contributed by atoms with Crippen LogP contribution in [0.5, 0.6) is 0 Å². The summed E-state index contributed by atoms with van der Waals surface area (Å²) in [7, 11) is 0. The van der Waals surface area contributed by atoms with Gasteiger partial charge in [-0.05, 0) is 168 Å². The first-order chi connectivity index (χ1) is 23.0. The van der Waals surface area contributed by atoms with Crippen molar-refractivity contribution in [3.63, 3.8) is 0 Å². The number of carbonyl (C=O) groups excluding carboxylic acids is 1. The summed E-state index contributed by atoms with van der Waals surface area (Å²) in [6.45, 7) is 29.8. The van der Waals surface area contributed by atoms with Crippen LogP contribution in [-0.4, -0.2) is 12.1 Å². The number of pyridine rings is 1. The first-order valence-electron chi connectivity index (χ1n) is 20.1. The molecular formula is C46H70NO2+. The van der Waals surface area contributed by atoms with Crippen LogP contribution in [0.3, 0.4) is 0 Å². The van der Waals surface area contributed by atoms with Crippen molar-refractivity contribution >= 4 is 5.97 Å². The molecule has 49 heavy (non-hydrogen) atoms. The molecule has 5 saturated carbocycles. The molecule has 0 radical (unpaired) electrons. The molecule has 0 N–H and O–H groups in total. The van der Waals surface area contributed by atoms with Gasteiger partial charge in [-0.15, -0.1) is 0 Å². The van der Waals surface area contributed by atoms with Gasteiger partial charge in [-0.1, -0.05) is 70.9 Å². The number of allylic oxidation sites excluding steroid dienone is 5. The lowest BCUT2D eigenvalue weighted by atomic mass is 9.32. The van der Waals surface area contributed by atoms with Crippen LogP contribution in [-0.2, 0) is 11.3 Å². The highest BCUT2D eigenvalue weighted by Gasteiger charge is 2.70. The van der Waals surface area contributed by atoms with Gasteiger partial charge in [0.15, 0.2) is 18.9 Å². The van der Waals surface area contributed by atoms with Crippen LogP contribution in [0, 0.1) is 56.7 Å². The number of fused-ring (bicyclic) bond motifs is 7. The average molecular weight is 669 g/mol. The third-order valence-electron chi connectivity index (χ3n) is 16.5. The van der Waals surface area contributed by atoms with Gasteiger partial charge in [-0.2, -0.15) is 0 Å². The molecule has 0 spiro atoms. The van der Waals surface area contributed by atoms with E-state index >= 15 is 0 Å². The van der Waals surface area contributed by atoms with Gasteiger partial charge in [-0.3, -0.25) is 0 Å². The Kier molecular flexibility index (Phi) is 9.80. The summed E-state index contributed by atoms with van der Waals surface area (Å²) in [5, 5.41) is 0.